The van der Waals surface area contributed by atoms with Gasteiger partial charge in [-0.2, -0.15) is 0 Å². The molecular formula is C14H13ClFN. The first-order valence-electron chi connectivity index (χ1n) is 5.50. The minimum atomic E-state index is -0.303. The van der Waals surface area contributed by atoms with Gasteiger partial charge >= 0.3 is 0 Å². The molecule has 0 saturated carbocycles. The number of halogens is 2. The fraction of sp³-hybridized carbons (Fsp3) is 0.143. The normalized spacial score (nSPS) is 10.3. The van der Waals surface area contributed by atoms with E-state index >= 15 is 0 Å². The maximum atomic E-state index is 13.8. The van der Waals surface area contributed by atoms with Crippen molar-refractivity contribution in [2.45, 2.75) is 6.92 Å². The molecule has 0 atom stereocenters. The van der Waals surface area contributed by atoms with Gasteiger partial charge in [-0.25, -0.2) is 4.39 Å². The molecule has 2 rings (SSSR count). The highest BCUT2D eigenvalue weighted by Gasteiger charge is 2.09. The molecule has 0 unspecified atom stereocenters. The summed E-state index contributed by atoms with van der Waals surface area (Å²) in [4.78, 5) is 0. The fourth-order valence-electron chi connectivity index (χ4n) is 1.77. The zero-order valence-electron chi connectivity index (χ0n) is 9.50. The average molecular weight is 250 g/mol. The molecule has 0 bridgehead atoms. The van der Waals surface area contributed by atoms with Gasteiger partial charge in [0, 0.05) is 28.4 Å². The van der Waals surface area contributed by atoms with Gasteiger partial charge in [-0.15, -0.1) is 0 Å². The number of rotatable bonds is 3. The van der Waals surface area contributed by atoms with Crippen LogP contribution in [0.5, 0.6) is 0 Å². The molecule has 0 amide bonds. The second-order valence-corrected chi connectivity index (χ2v) is 4.14. The Kier molecular flexibility index (Phi) is 3.64. The molecule has 3 heteroatoms. The number of hydrogen-bond donors (Lipinski definition) is 1. The van der Waals surface area contributed by atoms with Crippen molar-refractivity contribution in [2.75, 3.05) is 11.9 Å². The van der Waals surface area contributed by atoms with Crippen molar-refractivity contribution in [3.8, 4) is 11.1 Å². The molecule has 0 aliphatic heterocycles. The SMILES string of the molecule is CCNc1ccccc1-c1ccc(Cl)cc1F. The number of para-hydroxylation sites is 1. The smallest absolute Gasteiger partial charge is 0.132 e. The third-order valence-electron chi connectivity index (χ3n) is 2.52. The van der Waals surface area contributed by atoms with Crippen molar-refractivity contribution in [3.05, 3.63) is 53.3 Å². The highest BCUT2D eigenvalue weighted by Crippen LogP contribution is 2.31. The van der Waals surface area contributed by atoms with Crippen molar-refractivity contribution >= 4 is 17.3 Å². The lowest BCUT2D eigenvalue weighted by Gasteiger charge is -2.11. The number of anilines is 1. The van der Waals surface area contributed by atoms with Crippen LogP contribution in [0.25, 0.3) is 11.1 Å². The maximum Gasteiger partial charge on any atom is 0.132 e. The van der Waals surface area contributed by atoms with Crippen LogP contribution in [0, 0.1) is 5.82 Å². The van der Waals surface area contributed by atoms with E-state index in [4.69, 9.17) is 11.6 Å². The summed E-state index contributed by atoms with van der Waals surface area (Å²) in [6.45, 7) is 2.81. The van der Waals surface area contributed by atoms with Crippen LogP contribution in [0.4, 0.5) is 10.1 Å². The van der Waals surface area contributed by atoms with Gasteiger partial charge in [0.05, 0.1) is 0 Å². The van der Waals surface area contributed by atoms with Crippen LogP contribution >= 0.6 is 11.6 Å². The third kappa shape index (κ3) is 2.59. The lowest BCUT2D eigenvalue weighted by atomic mass is 10.0. The van der Waals surface area contributed by atoms with Gasteiger partial charge in [0.25, 0.3) is 0 Å². The molecule has 0 aliphatic rings. The first kappa shape index (κ1) is 11.9. The molecular weight excluding hydrogens is 237 g/mol. The van der Waals surface area contributed by atoms with Gasteiger partial charge in [-0.3, -0.25) is 0 Å². The van der Waals surface area contributed by atoms with E-state index in [0.29, 0.717) is 10.6 Å². The molecule has 0 heterocycles. The molecule has 0 aliphatic carbocycles. The second-order valence-electron chi connectivity index (χ2n) is 3.70. The molecule has 0 radical (unpaired) electrons. The molecule has 1 nitrogen and oxygen atoms in total. The van der Waals surface area contributed by atoms with Crippen LogP contribution in [0.3, 0.4) is 0 Å². The van der Waals surface area contributed by atoms with E-state index in [9.17, 15) is 4.39 Å². The van der Waals surface area contributed by atoms with Crippen molar-refractivity contribution in [3.63, 3.8) is 0 Å². The number of hydrogen-bond acceptors (Lipinski definition) is 1. The maximum absolute atomic E-state index is 13.8. The minimum absolute atomic E-state index is 0.303. The first-order valence-corrected chi connectivity index (χ1v) is 5.88. The molecule has 17 heavy (non-hydrogen) atoms. The molecule has 2 aromatic carbocycles. The van der Waals surface area contributed by atoms with Crippen molar-refractivity contribution < 1.29 is 4.39 Å². The Hall–Kier alpha value is -1.54. The van der Waals surface area contributed by atoms with Crippen LogP contribution in [-0.2, 0) is 0 Å². The first-order chi connectivity index (χ1) is 8.22. The second kappa shape index (κ2) is 5.19. The average Bonchev–Trinajstić information content (AvgIpc) is 2.31. The standard InChI is InChI=1S/C14H13ClFN/c1-2-17-14-6-4-3-5-12(14)11-8-7-10(15)9-13(11)16/h3-9,17H,2H2,1H3. The largest absolute Gasteiger partial charge is 0.385 e. The molecule has 1 N–H and O–H groups in total. The highest BCUT2D eigenvalue weighted by atomic mass is 35.5. The Morgan fingerprint density at radius 1 is 1.12 bits per heavy atom. The van der Waals surface area contributed by atoms with Gasteiger partial charge in [0.2, 0.25) is 0 Å². The van der Waals surface area contributed by atoms with E-state index in [2.05, 4.69) is 5.32 Å². The summed E-state index contributed by atoms with van der Waals surface area (Å²) in [6.07, 6.45) is 0. The monoisotopic (exact) mass is 249 g/mol. The quantitative estimate of drug-likeness (QED) is 0.840. The van der Waals surface area contributed by atoms with Crippen LogP contribution in [0.2, 0.25) is 5.02 Å². The summed E-state index contributed by atoms with van der Waals surface area (Å²) in [5.41, 5.74) is 2.34. The fourth-order valence-corrected chi connectivity index (χ4v) is 1.93. The van der Waals surface area contributed by atoms with Gasteiger partial charge in [-0.1, -0.05) is 29.8 Å². The van der Waals surface area contributed by atoms with Crippen LogP contribution in [-0.4, -0.2) is 6.54 Å². The summed E-state index contributed by atoms with van der Waals surface area (Å²) >= 11 is 5.75. The van der Waals surface area contributed by atoms with E-state index < -0.39 is 0 Å². The molecule has 2 aromatic rings. The van der Waals surface area contributed by atoms with E-state index in [1.54, 1.807) is 12.1 Å². The Balaban J connectivity index is 2.52. The molecule has 0 saturated heterocycles. The van der Waals surface area contributed by atoms with Gasteiger partial charge in [0.15, 0.2) is 0 Å². The van der Waals surface area contributed by atoms with Crippen LogP contribution in [0.15, 0.2) is 42.5 Å². The lowest BCUT2D eigenvalue weighted by Crippen LogP contribution is -1.99. The third-order valence-corrected chi connectivity index (χ3v) is 2.75. The predicted molar refractivity (Wildman–Crippen MR) is 71.0 cm³/mol. The zero-order chi connectivity index (χ0) is 12.3. The summed E-state index contributed by atoms with van der Waals surface area (Å²) in [5.74, 6) is -0.303. The van der Waals surface area contributed by atoms with Crippen molar-refractivity contribution in [1.82, 2.24) is 0 Å². The van der Waals surface area contributed by atoms with Crippen molar-refractivity contribution in [2.24, 2.45) is 0 Å². The van der Waals surface area contributed by atoms with E-state index in [1.807, 2.05) is 31.2 Å². The predicted octanol–water partition coefficient (Wildman–Crippen LogP) is 4.58. The van der Waals surface area contributed by atoms with Crippen LogP contribution < -0.4 is 5.32 Å². The Labute approximate surface area is 105 Å². The molecule has 0 fully saturated rings. The van der Waals surface area contributed by atoms with Gasteiger partial charge < -0.3 is 5.32 Å². The molecule has 0 aromatic heterocycles. The van der Waals surface area contributed by atoms with Gasteiger partial charge in [0.1, 0.15) is 5.82 Å². The van der Waals surface area contributed by atoms with E-state index in [0.717, 1.165) is 17.8 Å². The number of benzene rings is 2. The van der Waals surface area contributed by atoms with Crippen molar-refractivity contribution in [1.29, 1.82) is 0 Å². The van der Waals surface area contributed by atoms with Gasteiger partial charge in [-0.05, 0) is 31.2 Å². The Morgan fingerprint density at radius 2 is 1.88 bits per heavy atom. The highest BCUT2D eigenvalue weighted by molar-refractivity contribution is 6.30. The number of nitrogens with one attached hydrogen (secondary N) is 1. The van der Waals surface area contributed by atoms with E-state index in [-0.39, 0.29) is 5.82 Å². The summed E-state index contributed by atoms with van der Waals surface area (Å²) in [7, 11) is 0. The Morgan fingerprint density at radius 3 is 2.59 bits per heavy atom. The summed E-state index contributed by atoms with van der Waals surface area (Å²) < 4.78 is 13.8. The lowest BCUT2D eigenvalue weighted by molar-refractivity contribution is 0.631. The minimum Gasteiger partial charge on any atom is -0.385 e. The van der Waals surface area contributed by atoms with Crippen LogP contribution in [0.1, 0.15) is 6.92 Å². The summed E-state index contributed by atoms with van der Waals surface area (Å²) in [6, 6.07) is 12.4. The Bertz CT molecular complexity index is 525. The molecule has 0 spiro atoms. The van der Waals surface area contributed by atoms with E-state index in [1.165, 1.54) is 6.07 Å². The zero-order valence-corrected chi connectivity index (χ0v) is 10.3. The summed E-state index contributed by atoms with van der Waals surface area (Å²) in [5, 5.41) is 3.63. The molecule has 88 valence electrons. The topological polar surface area (TPSA) is 12.0 Å².